The number of anilines is 1. The molecule has 20 heavy (non-hydrogen) atoms. The predicted molar refractivity (Wildman–Crippen MR) is 58.7 cm³/mol. The van der Waals surface area contributed by atoms with E-state index in [1.54, 1.807) is 0 Å². The average molecular weight is 295 g/mol. The molecule has 1 fully saturated rings. The molecule has 0 aliphatic carbocycles. The van der Waals surface area contributed by atoms with E-state index in [0.717, 1.165) is 4.90 Å². The predicted octanol–water partition coefficient (Wildman–Crippen LogP) is 2.54. The Morgan fingerprint density at radius 3 is 1.85 bits per heavy atom. The number of carboxylic acids is 1. The molecule has 0 amide bonds. The van der Waals surface area contributed by atoms with E-state index in [-0.39, 0.29) is 13.1 Å². The van der Waals surface area contributed by atoms with Crippen LogP contribution in [0, 0.1) is 40.9 Å². The molecule has 2 rings (SSSR count). The van der Waals surface area contributed by atoms with Gasteiger partial charge in [-0.15, -0.1) is 0 Å². The summed E-state index contributed by atoms with van der Waals surface area (Å²) < 4.78 is 65.9. The second kappa shape index (κ2) is 4.92. The van der Waals surface area contributed by atoms with Gasteiger partial charge in [-0.1, -0.05) is 6.92 Å². The molecule has 1 aromatic rings. The van der Waals surface area contributed by atoms with Crippen LogP contribution >= 0.6 is 0 Å². The number of aliphatic carboxylic acids is 1. The van der Waals surface area contributed by atoms with Crippen LogP contribution in [0.25, 0.3) is 0 Å². The van der Waals surface area contributed by atoms with Gasteiger partial charge in [-0.3, -0.25) is 4.79 Å². The molecule has 1 atom stereocenters. The first kappa shape index (κ1) is 14.5. The second-order valence-corrected chi connectivity index (χ2v) is 4.71. The number of carbonyl (C=O) groups is 1. The van der Waals surface area contributed by atoms with Crippen molar-refractivity contribution in [3.63, 3.8) is 0 Å². The molecule has 1 heterocycles. The third kappa shape index (κ3) is 2.08. The Hall–Kier alpha value is -1.86. The molecule has 8 heteroatoms. The third-order valence-corrected chi connectivity index (χ3v) is 3.51. The third-order valence-electron chi connectivity index (χ3n) is 3.51. The van der Waals surface area contributed by atoms with E-state index in [1.165, 1.54) is 6.92 Å². The van der Waals surface area contributed by atoms with Gasteiger partial charge in [-0.25, -0.2) is 22.0 Å². The topological polar surface area (TPSA) is 40.5 Å². The van der Waals surface area contributed by atoms with Crippen molar-refractivity contribution in [1.82, 2.24) is 0 Å². The smallest absolute Gasteiger partial charge is 0.306 e. The van der Waals surface area contributed by atoms with E-state index in [0.29, 0.717) is 0 Å². The van der Waals surface area contributed by atoms with Crippen molar-refractivity contribution in [2.75, 3.05) is 18.0 Å². The van der Waals surface area contributed by atoms with E-state index < -0.39 is 52.6 Å². The quantitative estimate of drug-likeness (QED) is 0.529. The van der Waals surface area contributed by atoms with Crippen molar-refractivity contribution in [2.45, 2.75) is 6.92 Å². The van der Waals surface area contributed by atoms with Gasteiger partial charge in [0.1, 0.15) is 5.69 Å². The Kier molecular flexibility index (Phi) is 3.58. The number of hydrogen-bond donors (Lipinski definition) is 1. The van der Waals surface area contributed by atoms with Gasteiger partial charge in [-0.05, 0) is 0 Å². The fourth-order valence-electron chi connectivity index (χ4n) is 2.08. The molecule has 110 valence electrons. The molecule has 1 saturated heterocycles. The zero-order valence-corrected chi connectivity index (χ0v) is 10.3. The lowest BCUT2D eigenvalue weighted by molar-refractivity contribution is -0.143. The summed E-state index contributed by atoms with van der Waals surface area (Å²) in [7, 11) is 0. The SMILES string of the molecule is CC(C(=O)O)C1CN(c2c(F)c(F)c(F)c(F)c2F)C1. The van der Waals surface area contributed by atoms with Crippen LogP contribution in [0.5, 0.6) is 0 Å². The standard InChI is InChI=1S/C12H10F5NO2/c1-4(12(19)20)5-2-18(3-5)11-9(16)7(14)6(13)8(15)10(11)17/h4-5H,2-3H2,1H3,(H,19,20). The number of benzene rings is 1. The molecule has 1 aliphatic heterocycles. The van der Waals surface area contributed by atoms with E-state index >= 15 is 0 Å². The normalized spacial score (nSPS) is 17.0. The van der Waals surface area contributed by atoms with Crippen molar-refractivity contribution < 1.29 is 31.9 Å². The highest BCUT2D eigenvalue weighted by atomic mass is 19.2. The van der Waals surface area contributed by atoms with Crippen LogP contribution in [0.1, 0.15) is 6.92 Å². The monoisotopic (exact) mass is 295 g/mol. The lowest BCUT2D eigenvalue weighted by atomic mass is 9.86. The second-order valence-electron chi connectivity index (χ2n) is 4.71. The number of carboxylic acid groups (broad SMARTS) is 1. The minimum atomic E-state index is -2.21. The Morgan fingerprint density at radius 2 is 1.45 bits per heavy atom. The first-order valence-corrected chi connectivity index (χ1v) is 5.74. The molecule has 1 unspecified atom stereocenters. The Morgan fingerprint density at radius 1 is 1.05 bits per heavy atom. The maximum Gasteiger partial charge on any atom is 0.306 e. The molecule has 1 N–H and O–H groups in total. The maximum absolute atomic E-state index is 13.5. The Labute approximate surface area is 110 Å². The van der Waals surface area contributed by atoms with Crippen molar-refractivity contribution >= 4 is 11.7 Å². The average Bonchev–Trinajstić information content (AvgIpc) is 2.35. The zero-order valence-electron chi connectivity index (χ0n) is 10.3. The van der Waals surface area contributed by atoms with E-state index in [1.807, 2.05) is 0 Å². The molecule has 0 spiro atoms. The minimum absolute atomic E-state index is 0.0776. The van der Waals surface area contributed by atoms with Gasteiger partial charge >= 0.3 is 5.97 Å². The van der Waals surface area contributed by atoms with Gasteiger partial charge in [-0.2, -0.15) is 0 Å². The number of nitrogens with zero attached hydrogens (tertiary/aromatic N) is 1. The zero-order chi connectivity index (χ0) is 15.2. The highest BCUT2D eigenvalue weighted by Crippen LogP contribution is 2.36. The molecule has 0 saturated carbocycles. The summed E-state index contributed by atoms with van der Waals surface area (Å²) in [6.45, 7) is 1.26. The first-order chi connectivity index (χ1) is 9.25. The van der Waals surface area contributed by atoms with Gasteiger partial charge in [0.15, 0.2) is 23.3 Å². The summed E-state index contributed by atoms with van der Waals surface area (Å²) in [6.07, 6.45) is 0. The van der Waals surface area contributed by atoms with E-state index in [9.17, 15) is 26.7 Å². The maximum atomic E-state index is 13.5. The fourth-order valence-corrected chi connectivity index (χ4v) is 2.08. The summed E-state index contributed by atoms with van der Waals surface area (Å²) in [5.41, 5.74) is -1.00. The molecule has 0 bridgehead atoms. The molecule has 3 nitrogen and oxygen atoms in total. The highest BCUT2D eigenvalue weighted by Gasteiger charge is 2.39. The summed E-state index contributed by atoms with van der Waals surface area (Å²) in [5, 5.41) is 8.77. The van der Waals surface area contributed by atoms with Crippen LogP contribution in [0.4, 0.5) is 27.6 Å². The van der Waals surface area contributed by atoms with Crippen molar-refractivity contribution in [3.05, 3.63) is 29.1 Å². The van der Waals surface area contributed by atoms with Crippen LogP contribution in [-0.2, 0) is 4.79 Å². The number of hydrogen-bond acceptors (Lipinski definition) is 2. The molecule has 0 aromatic heterocycles. The number of halogens is 5. The highest BCUT2D eigenvalue weighted by molar-refractivity contribution is 5.70. The van der Waals surface area contributed by atoms with Crippen LogP contribution in [0.3, 0.4) is 0 Å². The molecule has 1 aliphatic rings. The summed E-state index contributed by atoms with van der Waals surface area (Å²) in [4.78, 5) is 11.7. The lowest BCUT2D eigenvalue weighted by Gasteiger charge is -2.43. The minimum Gasteiger partial charge on any atom is -0.481 e. The molecule has 0 radical (unpaired) electrons. The molecular formula is C12H10F5NO2. The number of rotatable bonds is 3. The van der Waals surface area contributed by atoms with E-state index in [2.05, 4.69) is 0 Å². The first-order valence-electron chi connectivity index (χ1n) is 5.74. The molecular weight excluding hydrogens is 285 g/mol. The lowest BCUT2D eigenvalue weighted by Crippen LogP contribution is -2.52. The Bertz CT molecular complexity index is 542. The largest absolute Gasteiger partial charge is 0.481 e. The molecule has 1 aromatic carbocycles. The van der Waals surface area contributed by atoms with E-state index in [4.69, 9.17) is 5.11 Å². The summed E-state index contributed by atoms with van der Waals surface area (Å²) in [5.74, 6) is -12.3. The van der Waals surface area contributed by atoms with Crippen molar-refractivity contribution in [3.8, 4) is 0 Å². The fraction of sp³-hybridized carbons (Fsp3) is 0.417. The van der Waals surface area contributed by atoms with Gasteiger partial charge in [0.2, 0.25) is 5.82 Å². The van der Waals surface area contributed by atoms with Gasteiger partial charge in [0.25, 0.3) is 0 Å². The van der Waals surface area contributed by atoms with Crippen LogP contribution in [0.2, 0.25) is 0 Å². The van der Waals surface area contributed by atoms with Gasteiger partial charge in [0.05, 0.1) is 5.92 Å². The van der Waals surface area contributed by atoms with Gasteiger partial charge in [0, 0.05) is 19.0 Å². The summed E-state index contributed by atoms with van der Waals surface area (Å²) >= 11 is 0. The summed E-state index contributed by atoms with van der Waals surface area (Å²) in [6, 6.07) is 0. The van der Waals surface area contributed by atoms with Crippen molar-refractivity contribution in [1.29, 1.82) is 0 Å². The van der Waals surface area contributed by atoms with Crippen LogP contribution in [-0.4, -0.2) is 24.2 Å². The van der Waals surface area contributed by atoms with Crippen LogP contribution in [0.15, 0.2) is 0 Å². The van der Waals surface area contributed by atoms with Gasteiger partial charge < -0.3 is 10.0 Å². The Balaban J connectivity index is 2.27. The van der Waals surface area contributed by atoms with Crippen LogP contribution < -0.4 is 4.90 Å². The van der Waals surface area contributed by atoms with Crippen molar-refractivity contribution in [2.24, 2.45) is 11.8 Å².